The van der Waals surface area contributed by atoms with Gasteiger partial charge in [-0.2, -0.15) is 0 Å². The third kappa shape index (κ3) is 4.17. The lowest BCUT2D eigenvalue weighted by atomic mass is 10.0. The minimum absolute atomic E-state index is 0. The molecule has 2 heterocycles. The van der Waals surface area contributed by atoms with Crippen molar-refractivity contribution in [1.82, 2.24) is 9.62 Å². The monoisotopic (exact) mass is 382 g/mol. The minimum Gasteiger partial charge on any atom is -0.311 e. The summed E-state index contributed by atoms with van der Waals surface area (Å²) in [5.74, 6) is -0.686. The molecule has 1 aromatic rings. The van der Waals surface area contributed by atoms with Crippen molar-refractivity contribution in [2.24, 2.45) is 0 Å². The summed E-state index contributed by atoms with van der Waals surface area (Å²) in [7, 11) is -1.79. The van der Waals surface area contributed by atoms with E-state index in [0.29, 0.717) is 17.6 Å². The molecule has 23 heavy (non-hydrogen) atoms. The highest BCUT2D eigenvalue weighted by Gasteiger charge is 2.38. The second kappa shape index (κ2) is 7.23. The van der Waals surface area contributed by atoms with Crippen molar-refractivity contribution in [2.45, 2.75) is 49.6 Å². The molecule has 4 nitrogen and oxygen atoms in total. The number of nitrogens with zero attached hydrogens (tertiary/aromatic N) is 1. The summed E-state index contributed by atoms with van der Waals surface area (Å²) in [5.41, 5.74) is 0.509. The number of benzene rings is 1. The Labute approximate surface area is 147 Å². The molecule has 2 aliphatic rings. The molecule has 0 radical (unpaired) electrons. The molecule has 1 aromatic carbocycles. The number of fused-ring (bicyclic) bond motifs is 2. The first-order valence-electron chi connectivity index (χ1n) is 7.51. The van der Waals surface area contributed by atoms with Crippen LogP contribution in [-0.4, -0.2) is 37.9 Å². The summed E-state index contributed by atoms with van der Waals surface area (Å²) in [4.78, 5) is 0. The highest BCUT2D eigenvalue weighted by atomic mass is 35.5. The molecule has 0 saturated carbocycles. The van der Waals surface area contributed by atoms with Gasteiger partial charge in [0.2, 0.25) is 10.0 Å². The molecule has 8 heteroatoms. The Balaban J connectivity index is 0.00000192. The van der Waals surface area contributed by atoms with Gasteiger partial charge in [0.15, 0.2) is 0 Å². The second-order valence-corrected chi connectivity index (χ2v) is 8.72. The van der Waals surface area contributed by atoms with Crippen molar-refractivity contribution >= 4 is 34.0 Å². The lowest BCUT2D eigenvalue weighted by Gasteiger charge is -2.34. The number of rotatable bonds is 4. The maximum atomic E-state index is 13.2. The topological polar surface area (TPSA) is 49.4 Å². The third-order valence-corrected chi connectivity index (χ3v) is 6.90. The van der Waals surface area contributed by atoms with Crippen LogP contribution in [0.5, 0.6) is 0 Å². The molecule has 1 N–H and O–H groups in total. The van der Waals surface area contributed by atoms with Gasteiger partial charge < -0.3 is 5.32 Å². The van der Waals surface area contributed by atoms with Gasteiger partial charge in [0.05, 0.1) is 10.8 Å². The number of halogens is 3. The van der Waals surface area contributed by atoms with Gasteiger partial charge in [0.25, 0.3) is 0 Å². The molecular weight excluding hydrogens is 362 g/mol. The molecule has 0 spiro atoms. The van der Waals surface area contributed by atoms with Gasteiger partial charge >= 0.3 is 0 Å². The Hall–Kier alpha value is -0.400. The van der Waals surface area contributed by atoms with Crippen LogP contribution in [0.2, 0.25) is 5.02 Å². The molecule has 2 fully saturated rings. The first-order chi connectivity index (χ1) is 10.3. The standard InChI is InChI=1S/C15H20ClFN2O2S.ClH/c1-19(13-7-11-3-4-12(8-13)18-11)22(20,21)9-10-2-5-15(17)14(16)6-10;/h2,5-6,11-13,18H,3-4,7-9H2,1H3;1H. The molecule has 0 amide bonds. The van der Waals surface area contributed by atoms with E-state index in [1.807, 2.05) is 0 Å². The van der Waals surface area contributed by atoms with E-state index >= 15 is 0 Å². The fourth-order valence-electron chi connectivity index (χ4n) is 3.49. The average Bonchev–Trinajstić information content (AvgIpc) is 2.80. The normalized spacial score (nSPS) is 27.0. The number of sulfonamides is 1. The van der Waals surface area contributed by atoms with Gasteiger partial charge in [-0.3, -0.25) is 0 Å². The Morgan fingerprint density at radius 3 is 2.48 bits per heavy atom. The van der Waals surface area contributed by atoms with E-state index in [9.17, 15) is 12.8 Å². The molecule has 2 saturated heterocycles. The van der Waals surface area contributed by atoms with Crippen LogP contribution in [0.3, 0.4) is 0 Å². The molecule has 2 aliphatic heterocycles. The summed E-state index contributed by atoms with van der Waals surface area (Å²) in [6.07, 6.45) is 3.97. The molecule has 0 aromatic heterocycles. The summed E-state index contributed by atoms with van der Waals surface area (Å²) in [5, 5.41) is 3.46. The van der Waals surface area contributed by atoms with Crippen molar-refractivity contribution in [3.05, 3.63) is 34.6 Å². The lowest BCUT2D eigenvalue weighted by molar-refractivity contribution is 0.251. The van der Waals surface area contributed by atoms with Crippen LogP contribution in [0.4, 0.5) is 4.39 Å². The van der Waals surface area contributed by atoms with Crippen molar-refractivity contribution in [1.29, 1.82) is 0 Å². The van der Waals surface area contributed by atoms with E-state index < -0.39 is 15.8 Å². The molecule has 2 atom stereocenters. The van der Waals surface area contributed by atoms with Crippen molar-refractivity contribution < 1.29 is 12.8 Å². The van der Waals surface area contributed by atoms with E-state index in [1.165, 1.54) is 22.5 Å². The van der Waals surface area contributed by atoms with Crippen LogP contribution < -0.4 is 5.32 Å². The fraction of sp³-hybridized carbons (Fsp3) is 0.600. The Kier molecular flexibility index (Phi) is 5.95. The minimum atomic E-state index is -3.44. The van der Waals surface area contributed by atoms with Gasteiger partial charge in [-0.1, -0.05) is 17.7 Å². The summed E-state index contributed by atoms with van der Waals surface area (Å²) in [6.45, 7) is 0. The molecule has 0 aliphatic carbocycles. The van der Waals surface area contributed by atoms with E-state index in [-0.39, 0.29) is 29.2 Å². The smallest absolute Gasteiger partial charge is 0.218 e. The van der Waals surface area contributed by atoms with Crippen LogP contribution >= 0.6 is 24.0 Å². The van der Waals surface area contributed by atoms with Crippen LogP contribution in [0.25, 0.3) is 0 Å². The maximum absolute atomic E-state index is 13.2. The van der Waals surface area contributed by atoms with Gasteiger partial charge in [-0.15, -0.1) is 12.4 Å². The fourth-order valence-corrected chi connectivity index (χ4v) is 5.13. The van der Waals surface area contributed by atoms with Gasteiger partial charge in [0.1, 0.15) is 5.82 Å². The van der Waals surface area contributed by atoms with Crippen molar-refractivity contribution in [3.8, 4) is 0 Å². The van der Waals surface area contributed by atoms with Gasteiger partial charge in [-0.05, 0) is 43.4 Å². The summed E-state index contributed by atoms with van der Waals surface area (Å²) < 4.78 is 39.9. The van der Waals surface area contributed by atoms with E-state index in [0.717, 1.165) is 25.7 Å². The van der Waals surface area contributed by atoms with Crippen LogP contribution in [-0.2, 0) is 15.8 Å². The first-order valence-corrected chi connectivity index (χ1v) is 9.49. The molecule has 2 bridgehead atoms. The number of hydrogen-bond acceptors (Lipinski definition) is 3. The predicted octanol–water partition coefficient (Wildman–Crippen LogP) is 2.95. The highest BCUT2D eigenvalue weighted by molar-refractivity contribution is 7.88. The zero-order valence-electron chi connectivity index (χ0n) is 12.8. The van der Waals surface area contributed by atoms with Crippen LogP contribution in [0.15, 0.2) is 18.2 Å². The van der Waals surface area contributed by atoms with Gasteiger partial charge in [0, 0.05) is 25.2 Å². The van der Waals surface area contributed by atoms with Crippen molar-refractivity contribution in [3.63, 3.8) is 0 Å². The average molecular weight is 383 g/mol. The zero-order chi connectivity index (χ0) is 15.9. The van der Waals surface area contributed by atoms with Crippen LogP contribution in [0, 0.1) is 5.82 Å². The Bertz CT molecular complexity index is 659. The molecule has 3 rings (SSSR count). The third-order valence-electron chi connectivity index (χ3n) is 4.73. The first kappa shape index (κ1) is 18.9. The van der Waals surface area contributed by atoms with Crippen molar-refractivity contribution in [2.75, 3.05) is 7.05 Å². The quantitative estimate of drug-likeness (QED) is 0.870. The highest BCUT2D eigenvalue weighted by Crippen LogP contribution is 2.31. The van der Waals surface area contributed by atoms with E-state index in [4.69, 9.17) is 11.6 Å². The Morgan fingerprint density at radius 1 is 1.30 bits per heavy atom. The Morgan fingerprint density at radius 2 is 1.91 bits per heavy atom. The predicted molar refractivity (Wildman–Crippen MR) is 92.0 cm³/mol. The molecular formula is C15H21Cl2FN2O2S. The SMILES string of the molecule is CN(C1CC2CCC(C1)N2)S(=O)(=O)Cc1ccc(F)c(Cl)c1.Cl. The number of nitrogens with one attached hydrogen (secondary N) is 1. The number of hydrogen-bond donors (Lipinski definition) is 1. The van der Waals surface area contributed by atoms with E-state index in [1.54, 1.807) is 7.05 Å². The molecule has 130 valence electrons. The molecule has 2 unspecified atom stereocenters. The zero-order valence-corrected chi connectivity index (χ0v) is 15.2. The summed E-state index contributed by atoms with van der Waals surface area (Å²) in [6, 6.07) is 4.97. The van der Waals surface area contributed by atoms with E-state index in [2.05, 4.69) is 5.32 Å². The largest absolute Gasteiger partial charge is 0.311 e. The maximum Gasteiger partial charge on any atom is 0.218 e. The number of piperidine rings is 1. The second-order valence-electron chi connectivity index (χ2n) is 6.28. The van der Waals surface area contributed by atoms with Gasteiger partial charge in [-0.25, -0.2) is 17.1 Å². The lowest BCUT2D eigenvalue weighted by Crippen LogP contribution is -2.48. The van der Waals surface area contributed by atoms with Crippen LogP contribution in [0.1, 0.15) is 31.2 Å². The summed E-state index contributed by atoms with van der Waals surface area (Å²) >= 11 is 5.73.